The van der Waals surface area contributed by atoms with Crippen LogP contribution in [0.1, 0.15) is 75.8 Å². The molecule has 3 aliphatic rings. The van der Waals surface area contributed by atoms with Gasteiger partial charge in [-0.3, -0.25) is 0 Å². The van der Waals surface area contributed by atoms with Crippen molar-refractivity contribution in [3.8, 4) is 17.6 Å². The van der Waals surface area contributed by atoms with Crippen molar-refractivity contribution in [1.29, 1.82) is 0 Å². The van der Waals surface area contributed by atoms with E-state index in [0.717, 1.165) is 44.9 Å². The van der Waals surface area contributed by atoms with Gasteiger partial charge in [0.1, 0.15) is 17.5 Å². The molecule has 27 heavy (non-hydrogen) atoms. The first-order valence-corrected chi connectivity index (χ1v) is 10.6. The fraction of sp³-hybridized carbons (Fsp3) is 0.667. The summed E-state index contributed by atoms with van der Waals surface area (Å²) in [6.45, 7) is 4.27. The lowest BCUT2D eigenvalue weighted by Gasteiger charge is -2.53. The third kappa shape index (κ3) is 2.80. The Morgan fingerprint density at radius 2 is 2.04 bits per heavy atom. The SMILES string of the molecule is CCCC#CC(O)C1(O)CC[C@H]2[C@@H]3CCc4cc(O)ccc4[C@H]3CC[C@@]21C. The second kappa shape index (κ2) is 6.83. The Kier molecular flexibility index (Phi) is 4.77. The van der Waals surface area contributed by atoms with E-state index in [0.29, 0.717) is 29.9 Å². The molecule has 3 aliphatic carbocycles. The highest BCUT2D eigenvalue weighted by molar-refractivity contribution is 5.40. The Morgan fingerprint density at radius 3 is 2.81 bits per heavy atom. The number of aliphatic hydroxyl groups is 2. The summed E-state index contributed by atoms with van der Waals surface area (Å²) < 4.78 is 0. The average Bonchev–Trinajstić information content (AvgIpc) is 2.94. The molecule has 2 saturated carbocycles. The summed E-state index contributed by atoms with van der Waals surface area (Å²) in [5.74, 6) is 7.83. The largest absolute Gasteiger partial charge is 0.508 e. The molecule has 3 N–H and O–H groups in total. The van der Waals surface area contributed by atoms with Crippen LogP contribution in [0.25, 0.3) is 0 Å². The maximum Gasteiger partial charge on any atom is 0.143 e. The lowest BCUT2D eigenvalue weighted by Crippen LogP contribution is -2.56. The number of unbranched alkanes of at least 4 members (excludes halogenated alkanes) is 1. The van der Waals surface area contributed by atoms with Gasteiger partial charge in [0.05, 0.1) is 0 Å². The Hall–Kier alpha value is -1.50. The van der Waals surface area contributed by atoms with Crippen molar-refractivity contribution in [2.75, 3.05) is 0 Å². The van der Waals surface area contributed by atoms with Gasteiger partial charge in [-0.25, -0.2) is 0 Å². The first-order valence-electron chi connectivity index (χ1n) is 10.6. The summed E-state index contributed by atoms with van der Waals surface area (Å²) in [7, 11) is 0. The van der Waals surface area contributed by atoms with Crippen molar-refractivity contribution in [3.05, 3.63) is 29.3 Å². The van der Waals surface area contributed by atoms with Crippen molar-refractivity contribution in [1.82, 2.24) is 0 Å². The number of aliphatic hydroxyl groups excluding tert-OH is 1. The third-order valence-corrected chi connectivity index (χ3v) is 7.99. The van der Waals surface area contributed by atoms with E-state index in [1.165, 1.54) is 11.1 Å². The van der Waals surface area contributed by atoms with E-state index >= 15 is 0 Å². The zero-order valence-electron chi connectivity index (χ0n) is 16.5. The molecule has 2 fully saturated rings. The summed E-state index contributed by atoms with van der Waals surface area (Å²) >= 11 is 0. The Balaban J connectivity index is 1.62. The monoisotopic (exact) mass is 368 g/mol. The molecule has 0 radical (unpaired) electrons. The lowest BCUT2D eigenvalue weighted by molar-refractivity contribution is -0.148. The van der Waals surface area contributed by atoms with Crippen LogP contribution in [0.15, 0.2) is 18.2 Å². The number of aromatic hydroxyl groups is 1. The van der Waals surface area contributed by atoms with Crippen LogP contribution in [0.5, 0.6) is 5.75 Å². The molecular formula is C24H32O3. The molecule has 1 aromatic carbocycles. The highest BCUT2D eigenvalue weighted by Crippen LogP contribution is 2.65. The lowest BCUT2D eigenvalue weighted by atomic mass is 9.52. The van der Waals surface area contributed by atoms with Crippen LogP contribution >= 0.6 is 0 Å². The average molecular weight is 369 g/mol. The third-order valence-electron chi connectivity index (χ3n) is 7.99. The summed E-state index contributed by atoms with van der Waals surface area (Å²) in [5.41, 5.74) is 1.31. The molecule has 0 saturated heterocycles. The predicted octanol–water partition coefficient (Wildman–Crippen LogP) is 4.14. The smallest absolute Gasteiger partial charge is 0.143 e. The van der Waals surface area contributed by atoms with E-state index in [9.17, 15) is 15.3 Å². The van der Waals surface area contributed by atoms with E-state index in [2.05, 4.69) is 31.8 Å². The molecule has 0 aliphatic heterocycles. The van der Waals surface area contributed by atoms with Crippen molar-refractivity contribution in [2.24, 2.45) is 17.3 Å². The zero-order chi connectivity index (χ0) is 19.2. The topological polar surface area (TPSA) is 60.7 Å². The second-order valence-electron chi connectivity index (χ2n) is 9.19. The summed E-state index contributed by atoms with van der Waals surface area (Å²) in [4.78, 5) is 0. The number of hydrogen-bond donors (Lipinski definition) is 3. The van der Waals surface area contributed by atoms with Gasteiger partial charge in [-0.05, 0) is 86.0 Å². The van der Waals surface area contributed by atoms with Crippen LogP contribution in [0.3, 0.4) is 0 Å². The second-order valence-corrected chi connectivity index (χ2v) is 9.19. The van der Waals surface area contributed by atoms with Gasteiger partial charge >= 0.3 is 0 Å². The van der Waals surface area contributed by atoms with E-state index in [-0.39, 0.29) is 5.41 Å². The standard InChI is InChI=1S/C24H32O3/c1-3-4-5-6-22(26)24(27)14-12-21-20-9-7-16-15-17(25)8-10-18(16)19(20)11-13-23(21,24)2/h8,10,15,19-22,25-27H,3-4,7,9,11-14H2,1-2H3/t19-,20-,21+,22?,23+,24?/m1/s1. The number of hydrogen-bond acceptors (Lipinski definition) is 3. The van der Waals surface area contributed by atoms with Crippen LogP contribution < -0.4 is 0 Å². The van der Waals surface area contributed by atoms with Crippen LogP contribution in [0, 0.1) is 29.1 Å². The van der Waals surface area contributed by atoms with Crippen LogP contribution in [-0.4, -0.2) is 27.0 Å². The number of rotatable bonds is 2. The fourth-order valence-electron chi connectivity index (χ4n) is 6.48. The van der Waals surface area contributed by atoms with Crippen molar-refractivity contribution >= 4 is 0 Å². The molecule has 3 heteroatoms. The minimum atomic E-state index is -1.10. The highest BCUT2D eigenvalue weighted by atomic mass is 16.3. The van der Waals surface area contributed by atoms with Crippen molar-refractivity contribution in [2.45, 2.75) is 82.8 Å². The molecule has 2 unspecified atom stereocenters. The fourth-order valence-corrected chi connectivity index (χ4v) is 6.48. The van der Waals surface area contributed by atoms with Gasteiger partial charge in [0.25, 0.3) is 0 Å². The van der Waals surface area contributed by atoms with Crippen LogP contribution in [0.4, 0.5) is 0 Å². The first-order chi connectivity index (χ1) is 12.9. The first kappa shape index (κ1) is 18.8. The Labute approximate surface area is 162 Å². The molecule has 0 heterocycles. The predicted molar refractivity (Wildman–Crippen MR) is 106 cm³/mol. The zero-order valence-corrected chi connectivity index (χ0v) is 16.5. The Bertz CT molecular complexity index is 776. The molecule has 1 aromatic rings. The normalized spacial score (nSPS) is 38.1. The van der Waals surface area contributed by atoms with Gasteiger partial charge in [0, 0.05) is 11.8 Å². The minimum Gasteiger partial charge on any atom is -0.508 e. The molecule has 0 aromatic heterocycles. The van der Waals surface area contributed by atoms with E-state index in [4.69, 9.17) is 0 Å². The summed E-state index contributed by atoms with van der Waals surface area (Å²) in [6, 6.07) is 5.85. The van der Waals surface area contributed by atoms with Gasteiger partial charge in [-0.2, -0.15) is 0 Å². The number of aryl methyl sites for hydroxylation is 1. The quantitative estimate of drug-likeness (QED) is 0.688. The molecule has 0 spiro atoms. The number of benzene rings is 1. The van der Waals surface area contributed by atoms with Gasteiger partial charge in [0.15, 0.2) is 0 Å². The van der Waals surface area contributed by atoms with Gasteiger partial charge in [0.2, 0.25) is 0 Å². The molecule has 0 amide bonds. The highest BCUT2D eigenvalue weighted by Gasteiger charge is 2.63. The molecule has 6 atom stereocenters. The van der Waals surface area contributed by atoms with E-state index in [1.54, 1.807) is 0 Å². The van der Waals surface area contributed by atoms with Crippen LogP contribution in [0.2, 0.25) is 0 Å². The maximum atomic E-state index is 11.5. The van der Waals surface area contributed by atoms with Gasteiger partial charge < -0.3 is 15.3 Å². The molecule has 0 bridgehead atoms. The number of phenolic OH excluding ortho intramolecular Hbond substituents is 1. The molecule has 3 nitrogen and oxygen atoms in total. The Morgan fingerprint density at radius 1 is 1.22 bits per heavy atom. The number of phenols is 1. The van der Waals surface area contributed by atoms with Crippen molar-refractivity contribution < 1.29 is 15.3 Å². The molecule has 4 rings (SSSR count). The number of fused-ring (bicyclic) bond motifs is 5. The minimum absolute atomic E-state index is 0.275. The van der Waals surface area contributed by atoms with Gasteiger partial charge in [-0.15, -0.1) is 5.92 Å². The summed E-state index contributed by atoms with van der Waals surface area (Å²) in [5, 5.41) is 32.1. The van der Waals surface area contributed by atoms with E-state index in [1.807, 2.05) is 12.1 Å². The van der Waals surface area contributed by atoms with E-state index < -0.39 is 11.7 Å². The maximum absolute atomic E-state index is 11.5. The van der Waals surface area contributed by atoms with Crippen LogP contribution in [-0.2, 0) is 6.42 Å². The van der Waals surface area contributed by atoms with Gasteiger partial charge in [-0.1, -0.05) is 25.8 Å². The molecular weight excluding hydrogens is 336 g/mol. The van der Waals surface area contributed by atoms with Crippen molar-refractivity contribution in [3.63, 3.8) is 0 Å². The summed E-state index contributed by atoms with van der Waals surface area (Å²) in [6.07, 6.45) is 6.44. The molecule has 146 valence electrons.